The number of nitro groups is 1. The number of anilines is 1. The molecule has 1 N–H and O–H groups in total. The molecule has 0 spiro atoms. The highest BCUT2D eigenvalue weighted by Gasteiger charge is 2.38. The Morgan fingerprint density at radius 2 is 1.79 bits per heavy atom. The predicted molar refractivity (Wildman–Crippen MR) is 152 cm³/mol. The van der Waals surface area contributed by atoms with Gasteiger partial charge in [-0.2, -0.15) is 13.2 Å². The quantitative estimate of drug-likeness (QED) is 0.273. The van der Waals surface area contributed by atoms with E-state index in [9.17, 15) is 28.1 Å². The summed E-state index contributed by atoms with van der Waals surface area (Å²) in [5.74, 6) is -0.0420. The van der Waals surface area contributed by atoms with Crippen molar-refractivity contribution in [3.63, 3.8) is 0 Å². The first-order chi connectivity index (χ1) is 20.0. The third kappa shape index (κ3) is 7.35. The van der Waals surface area contributed by atoms with Crippen molar-refractivity contribution < 1.29 is 27.6 Å². The van der Waals surface area contributed by atoms with Gasteiger partial charge in [0.05, 0.1) is 22.2 Å². The van der Waals surface area contributed by atoms with Crippen LogP contribution in [0.4, 0.5) is 24.5 Å². The molecule has 0 unspecified atom stereocenters. The lowest BCUT2D eigenvalue weighted by molar-refractivity contribution is -0.388. The molecule has 0 atom stereocenters. The van der Waals surface area contributed by atoms with E-state index in [4.69, 9.17) is 9.72 Å². The summed E-state index contributed by atoms with van der Waals surface area (Å²) in [6, 6.07) is 13.3. The Kier molecular flexibility index (Phi) is 8.93. The van der Waals surface area contributed by atoms with Crippen LogP contribution in [0.3, 0.4) is 0 Å². The van der Waals surface area contributed by atoms with Gasteiger partial charge in [-0.15, -0.1) is 0 Å². The van der Waals surface area contributed by atoms with Crippen LogP contribution in [0, 0.1) is 17.0 Å². The molecule has 2 fully saturated rings. The van der Waals surface area contributed by atoms with Crippen molar-refractivity contribution in [2.24, 2.45) is 0 Å². The van der Waals surface area contributed by atoms with Crippen molar-refractivity contribution in [2.45, 2.75) is 57.5 Å². The second kappa shape index (κ2) is 12.6. The summed E-state index contributed by atoms with van der Waals surface area (Å²) < 4.78 is 45.8. The Balaban J connectivity index is 1.03. The third-order valence-electron chi connectivity index (χ3n) is 8.00. The van der Waals surface area contributed by atoms with Gasteiger partial charge < -0.3 is 15.0 Å². The number of nitrogens with zero attached hydrogens (tertiary/aromatic N) is 4. The van der Waals surface area contributed by atoms with Gasteiger partial charge in [0.2, 0.25) is 5.91 Å². The summed E-state index contributed by atoms with van der Waals surface area (Å²) in [7, 11) is 0. The highest BCUT2D eigenvalue weighted by Crippen LogP contribution is 2.38. The van der Waals surface area contributed by atoms with Gasteiger partial charge in [-0.05, 0) is 62.9 Å². The van der Waals surface area contributed by atoms with Crippen molar-refractivity contribution >= 4 is 28.2 Å². The normalized spacial score (nSPS) is 20.0. The highest BCUT2D eigenvalue weighted by atomic mass is 19.4. The molecular formula is C30H34F3N5O4. The molecule has 1 aliphatic carbocycles. The van der Waals surface area contributed by atoms with E-state index in [2.05, 4.69) is 41.4 Å². The van der Waals surface area contributed by atoms with Gasteiger partial charge in [0.15, 0.2) is 0 Å². The SMILES string of the molecule is Cc1ccc2nc(CN3CCN(C(=O)COC4CCC(Nc5ccc([N+](=O)[O-])c(C(F)(F)F)c5)CC4)CC3)ccc2c1. The smallest absolute Gasteiger partial charge is 0.382 e. The number of pyridine rings is 1. The number of amides is 1. The molecule has 224 valence electrons. The fourth-order valence-corrected chi connectivity index (χ4v) is 5.66. The fraction of sp³-hybridized carbons (Fsp3) is 0.467. The molecule has 1 amide bonds. The molecule has 0 bridgehead atoms. The van der Waals surface area contributed by atoms with Gasteiger partial charge in [-0.25, -0.2) is 0 Å². The number of aryl methyl sites for hydroxylation is 1. The number of fused-ring (bicyclic) bond motifs is 1. The average Bonchev–Trinajstić information content (AvgIpc) is 2.96. The molecule has 2 aliphatic rings. The van der Waals surface area contributed by atoms with Gasteiger partial charge in [0.25, 0.3) is 5.69 Å². The molecule has 2 aromatic carbocycles. The zero-order chi connectivity index (χ0) is 29.9. The van der Waals surface area contributed by atoms with E-state index in [1.54, 1.807) is 0 Å². The number of halogens is 3. The van der Waals surface area contributed by atoms with E-state index >= 15 is 0 Å². The number of rotatable bonds is 8. The number of hydrogen-bond donors (Lipinski definition) is 1. The second-order valence-electron chi connectivity index (χ2n) is 11.1. The van der Waals surface area contributed by atoms with Gasteiger partial charge >= 0.3 is 6.18 Å². The number of hydrogen-bond acceptors (Lipinski definition) is 7. The van der Waals surface area contributed by atoms with E-state index in [0.29, 0.717) is 38.8 Å². The number of nitrogens with one attached hydrogen (secondary N) is 1. The molecule has 1 saturated heterocycles. The van der Waals surface area contributed by atoms with Crippen LogP contribution in [0.25, 0.3) is 10.9 Å². The lowest BCUT2D eigenvalue weighted by Crippen LogP contribution is -2.49. The Morgan fingerprint density at radius 3 is 2.48 bits per heavy atom. The van der Waals surface area contributed by atoms with Crippen LogP contribution in [0.5, 0.6) is 0 Å². The van der Waals surface area contributed by atoms with Crippen LogP contribution < -0.4 is 5.32 Å². The summed E-state index contributed by atoms with van der Waals surface area (Å²) in [5, 5.41) is 15.2. The summed E-state index contributed by atoms with van der Waals surface area (Å²) in [6.45, 7) is 5.57. The van der Waals surface area contributed by atoms with Gasteiger partial charge in [-0.1, -0.05) is 17.7 Å². The van der Waals surface area contributed by atoms with Crippen molar-refractivity contribution in [1.29, 1.82) is 0 Å². The Morgan fingerprint density at radius 1 is 1.05 bits per heavy atom. The molecule has 3 aromatic rings. The van der Waals surface area contributed by atoms with Crippen LogP contribution in [0.2, 0.25) is 0 Å². The summed E-state index contributed by atoms with van der Waals surface area (Å²) in [5.41, 5.74) is 1.16. The topological polar surface area (TPSA) is 101 Å². The predicted octanol–water partition coefficient (Wildman–Crippen LogP) is 5.55. The number of nitro benzene ring substituents is 1. The van der Waals surface area contributed by atoms with Crippen LogP contribution in [0.15, 0.2) is 48.5 Å². The molecule has 42 heavy (non-hydrogen) atoms. The van der Waals surface area contributed by atoms with Crippen LogP contribution in [-0.4, -0.2) is 70.5 Å². The molecule has 1 aliphatic heterocycles. The third-order valence-corrected chi connectivity index (χ3v) is 8.00. The Bertz CT molecular complexity index is 1430. The van der Waals surface area contributed by atoms with Crippen molar-refractivity contribution in [1.82, 2.24) is 14.8 Å². The minimum atomic E-state index is -4.82. The van der Waals surface area contributed by atoms with E-state index in [1.807, 2.05) is 11.0 Å². The summed E-state index contributed by atoms with van der Waals surface area (Å²) >= 11 is 0. The number of piperazine rings is 1. The Labute approximate surface area is 241 Å². The molecule has 2 heterocycles. The first-order valence-corrected chi connectivity index (χ1v) is 14.2. The average molecular weight is 586 g/mol. The number of carbonyl (C=O) groups is 1. The first kappa shape index (κ1) is 29.7. The van der Waals surface area contributed by atoms with E-state index in [1.165, 1.54) is 11.6 Å². The number of aromatic nitrogens is 1. The minimum absolute atomic E-state index is 0.00566. The number of alkyl halides is 3. The number of carbonyl (C=O) groups excluding carboxylic acids is 1. The van der Waals surface area contributed by atoms with E-state index in [0.717, 1.165) is 48.4 Å². The van der Waals surface area contributed by atoms with Gasteiger partial charge in [0, 0.05) is 55.9 Å². The zero-order valence-corrected chi connectivity index (χ0v) is 23.4. The van der Waals surface area contributed by atoms with Crippen LogP contribution >= 0.6 is 0 Å². The van der Waals surface area contributed by atoms with Crippen LogP contribution in [-0.2, 0) is 22.3 Å². The standard InChI is InChI=1S/C30H34F3N5O4/c1-20-2-10-27-21(16-20)3-4-24(35-27)18-36-12-14-37(15-13-36)29(39)19-42-25-8-5-22(6-9-25)34-23-7-11-28(38(40)41)26(17-23)30(31,32)33/h2-4,7,10-11,16-17,22,25,34H,5-6,8-9,12-15,18-19H2,1H3. The van der Waals surface area contributed by atoms with Crippen molar-refractivity contribution in [2.75, 3.05) is 38.1 Å². The fourth-order valence-electron chi connectivity index (χ4n) is 5.66. The maximum absolute atomic E-state index is 13.3. The van der Waals surface area contributed by atoms with Gasteiger partial charge in [0.1, 0.15) is 12.2 Å². The zero-order valence-electron chi connectivity index (χ0n) is 23.4. The minimum Gasteiger partial charge on any atom is -0.382 e. The summed E-state index contributed by atoms with van der Waals surface area (Å²) in [4.78, 5) is 31.6. The maximum Gasteiger partial charge on any atom is 0.423 e. The molecule has 5 rings (SSSR count). The maximum atomic E-state index is 13.3. The number of benzene rings is 2. The van der Waals surface area contributed by atoms with E-state index in [-0.39, 0.29) is 30.3 Å². The molecule has 1 saturated carbocycles. The monoisotopic (exact) mass is 585 g/mol. The molecule has 0 radical (unpaired) electrons. The largest absolute Gasteiger partial charge is 0.423 e. The van der Waals surface area contributed by atoms with Crippen LogP contribution in [0.1, 0.15) is 42.5 Å². The lowest BCUT2D eigenvalue weighted by Gasteiger charge is -2.35. The molecular weight excluding hydrogens is 551 g/mol. The second-order valence-corrected chi connectivity index (χ2v) is 11.1. The van der Waals surface area contributed by atoms with Gasteiger partial charge in [-0.3, -0.25) is 24.8 Å². The number of ether oxygens (including phenoxy) is 1. The molecule has 9 nitrogen and oxygen atoms in total. The van der Waals surface area contributed by atoms with E-state index < -0.39 is 22.4 Å². The van der Waals surface area contributed by atoms with Crippen molar-refractivity contribution in [3.05, 3.63) is 75.5 Å². The molecule has 12 heteroatoms. The highest BCUT2D eigenvalue weighted by molar-refractivity contribution is 5.79. The summed E-state index contributed by atoms with van der Waals surface area (Å²) in [6.07, 6.45) is -2.29. The molecule has 1 aromatic heterocycles. The lowest BCUT2D eigenvalue weighted by atomic mass is 9.92. The first-order valence-electron chi connectivity index (χ1n) is 14.2. The Hall–Kier alpha value is -3.77. The van der Waals surface area contributed by atoms with Crippen molar-refractivity contribution in [3.8, 4) is 0 Å².